The fourth-order valence-corrected chi connectivity index (χ4v) is 1.89. The lowest BCUT2D eigenvalue weighted by Gasteiger charge is -2.12. The standard InChI is InChI=1S/C15H16FNO/c1-17-10-11-5-7-12(8-6-11)15(18)13-3-2-4-14(16)9-13/h2-9,15,17-18H,10H2,1H3. The Balaban J connectivity index is 2.20. The molecule has 0 aliphatic heterocycles. The molecule has 0 fully saturated rings. The number of aliphatic hydroxyl groups excluding tert-OH is 1. The predicted molar refractivity (Wildman–Crippen MR) is 69.7 cm³/mol. The molecule has 2 nitrogen and oxygen atoms in total. The first-order chi connectivity index (χ1) is 8.70. The molecule has 2 N–H and O–H groups in total. The molecule has 0 saturated carbocycles. The van der Waals surface area contributed by atoms with Crippen molar-refractivity contribution in [2.75, 3.05) is 7.05 Å². The fourth-order valence-electron chi connectivity index (χ4n) is 1.89. The molecule has 1 unspecified atom stereocenters. The number of halogens is 1. The van der Waals surface area contributed by atoms with Gasteiger partial charge in [-0.2, -0.15) is 0 Å². The third kappa shape index (κ3) is 2.94. The van der Waals surface area contributed by atoms with Crippen LogP contribution in [0.25, 0.3) is 0 Å². The zero-order chi connectivity index (χ0) is 13.0. The van der Waals surface area contributed by atoms with Gasteiger partial charge in [-0.1, -0.05) is 36.4 Å². The zero-order valence-corrected chi connectivity index (χ0v) is 10.2. The number of rotatable bonds is 4. The van der Waals surface area contributed by atoms with E-state index in [-0.39, 0.29) is 5.82 Å². The van der Waals surface area contributed by atoms with Crippen LogP contribution >= 0.6 is 0 Å². The van der Waals surface area contributed by atoms with Crippen LogP contribution in [0.15, 0.2) is 48.5 Å². The molecule has 0 saturated heterocycles. The maximum atomic E-state index is 13.1. The molecule has 0 spiro atoms. The molecule has 94 valence electrons. The van der Waals surface area contributed by atoms with Gasteiger partial charge in [-0.05, 0) is 35.9 Å². The first kappa shape index (κ1) is 12.7. The van der Waals surface area contributed by atoms with Gasteiger partial charge in [0.1, 0.15) is 11.9 Å². The fraction of sp³-hybridized carbons (Fsp3) is 0.200. The summed E-state index contributed by atoms with van der Waals surface area (Å²) in [7, 11) is 1.88. The number of benzene rings is 2. The van der Waals surface area contributed by atoms with E-state index in [4.69, 9.17) is 0 Å². The Labute approximate surface area is 106 Å². The molecule has 0 aliphatic rings. The third-order valence-corrected chi connectivity index (χ3v) is 2.84. The minimum absolute atomic E-state index is 0.335. The third-order valence-electron chi connectivity index (χ3n) is 2.84. The number of nitrogens with one attached hydrogen (secondary N) is 1. The maximum Gasteiger partial charge on any atom is 0.123 e. The van der Waals surface area contributed by atoms with Crippen molar-refractivity contribution in [3.05, 3.63) is 71.0 Å². The Morgan fingerprint density at radius 3 is 2.44 bits per heavy atom. The van der Waals surface area contributed by atoms with Crippen molar-refractivity contribution in [1.82, 2.24) is 5.32 Å². The summed E-state index contributed by atoms with van der Waals surface area (Å²) in [6.07, 6.45) is -0.788. The van der Waals surface area contributed by atoms with Crippen LogP contribution in [-0.4, -0.2) is 12.2 Å². The Morgan fingerprint density at radius 2 is 1.83 bits per heavy atom. The topological polar surface area (TPSA) is 32.3 Å². The van der Waals surface area contributed by atoms with E-state index >= 15 is 0 Å². The van der Waals surface area contributed by atoms with Crippen molar-refractivity contribution in [2.24, 2.45) is 0 Å². The van der Waals surface area contributed by atoms with Gasteiger partial charge in [-0.3, -0.25) is 0 Å². The van der Waals surface area contributed by atoms with Gasteiger partial charge in [0, 0.05) is 6.54 Å². The van der Waals surface area contributed by atoms with Gasteiger partial charge in [-0.25, -0.2) is 4.39 Å². The van der Waals surface area contributed by atoms with Gasteiger partial charge in [0.2, 0.25) is 0 Å². The van der Waals surface area contributed by atoms with Crippen LogP contribution in [0.1, 0.15) is 22.8 Å². The molecule has 0 radical (unpaired) electrons. The summed E-state index contributed by atoms with van der Waals surface area (Å²) in [6.45, 7) is 0.788. The normalized spacial score (nSPS) is 12.4. The zero-order valence-electron chi connectivity index (χ0n) is 10.2. The number of aliphatic hydroxyl groups is 1. The SMILES string of the molecule is CNCc1ccc(C(O)c2cccc(F)c2)cc1. The summed E-state index contributed by atoms with van der Waals surface area (Å²) >= 11 is 0. The van der Waals surface area contributed by atoms with Crippen LogP contribution < -0.4 is 5.32 Å². The maximum absolute atomic E-state index is 13.1. The van der Waals surface area contributed by atoms with E-state index < -0.39 is 6.10 Å². The predicted octanol–water partition coefficient (Wildman–Crippen LogP) is 2.63. The van der Waals surface area contributed by atoms with Gasteiger partial charge >= 0.3 is 0 Å². The lowest BCUT2D eigenvalue weighted by molar-refractivity contribution is 0.220. The van der Waals surface area contributed by atoms with Gasteiger partial charge in [-0.15, -0.1) is 0 Å². The van der Waals surface area contributed by atoms with E-state index in [0.717, 1.165) is 17.7 Å². The highest BCUT2D eigenvalue weighted by Crippen LogP contribution is 2.22. The van der Waals surface area contributed by atoms with E-state index in [1.807, 2.05) is 31.3 Å². The molecule has 0 aliphatic carbocycles. The smallest absolute Gasteiger partial charge is 0.123 e. The van der Waals surface area contributed by atoms with Crippen LogP contribution in [-0.2, 0) is 6.54 Å². The lowest BCUT2D eigenvalue weighted by Crippen LogP contribution is -2.05. The molecule has 2 aromatic rings. The molecule has 0 heterocycles. The molecular weight excluding hydrogens is 229 g/mol. The van der Waals surface area contributed by atoms with Crippen molar-refractivity contribution in [3.8, 4) is 0 Å². The minimum atomic E-state index is -0.788. The first-order valence-electron chi connectivity index (χ1n) is 5.87. The van der Waals surface area contributed by atoms with Crippen molar-refractivity contribution in [1.29, 1.82) is 0 Å². The summed E-state index contributed by atoms with van der Waals surface area (Å²) in [5, 5.41) is 13.2. The lowest BCUT2D eigenvalue weighted by atomic mass is 10.0. The van der Waals surface area contributed by atoms with E-state index in [0.29, 0.717) is 5.56 Å². The van der Waals surface area contributed by atoms with Crippen molar-refractivity contribution in [3.63, 3.8) is 0 Å². The van der Waals surface area contributed by atoms with Crippen molar-refractivity contribution < 1.29 is 9.50 Å². The highest BCUT2D eigenvalue weighted by Gasteiger charge is 2.10. The average Bonchev–Trinajstić information content (AvgIpc) is 2.39. The van der Waals surface area contributed by atoms with Crippen LogP contribution in [0.2, 0.25) is 0 Å². The second-order valence-electron chi connectivity index (χ2n) is 4.23. The van der Waals surface area contributed by atoms with Gasteiger partial charge < -0.3 is 10.4 Å². The number of hydrogen-bond acceptors (Lipinski definition) is 2. The van der Waals surface area contributed by atoms with Crippen LogP contribution in [0.5, 0.6) is 0 Å². The van der Waals surface area contributed by atoms with E-state index in [2.05, 4.69) is 5.32 Å². The van der Waals surface area contributed by atoms with Gasteiger partial charge in [0.05, 0.1) is 0 Å². The summed E-state index contributed by atoms with van der Waals surface area (Å²) < 4.78 is 13.1. The molecule has 0 bridgehead atoms. The molecule has 0 aromatic heterocycles. The minimum Gasteiger partial charge on any atom is -0.384 e. The summed E-state index contributed by atoms with van der Waals surface area (Å²) in [5.41, 5.74) is 2.48. The summed E-state index contributed by atoms with van der Waals surface area (Å²) in [6, 6.07) is 13.7. The average molecular weight is 245 g/mol. The monoisotopic (exact) mass is 245 g/mol. The second-order valence-corrected chi connectivity index (χ2v) is 4.23. The van der Waals surface area contributed by atoms with E-state index in [1.165, 1.54) is 12.1 Å². The highest BCUT2D eigenvalue weighted by atomic mass is 19.1. The Kier molecular flexibility index (Phi) is 4.07. The second kappa shape index (κ2) is 5.76. The van der Waals surface area contributed by atoms with Crippen LogP contribution in [0.3, 0.4) is 0 Å². The van der Waals surface area contributed by atoms with Crippen LogP contribution in [0, 0.1) is 5.82 Å². The van der Waals surface area contributed by atoms with E-state index in [9.17, 15) is 9.50 Å². The Bertz CT molecular complexity index is 510. The molecule has 1 atom stereocenters. The van der Waals surface area contributed by atoms with Crippen molar-refractivity contribution >= 4 is 0 Å². The Morgan fingerprint density at radius 1 is 1.11 bits per heavy atom. The largest absolute Gasteiger partial charge is 0.384 e. The molecular formula is C15H16FNO. The van der Waals surface area contributed by atoms with E-state index in [1.54, 1.807) is 12.1 Å². The molecule has 2 aromatic carbocycles. The van der Waals surface area contributed by atoms with Crippen LogP contribution in [0.4, 0.5) is 4.39 Å². The van der Waals surface area contributed by atoms with Gasteiger partial charge in [0.25, 0.3) is 0 Å². The highest BCUT2D eigenvalue weighted by molar-refractivity contribution is 5.32. The molecule has 3 heteroatoms. The summed E-state index contributed by atoms with van der Waals surface area (Å²) in [4.78, 5) is 0. The Hall–Kier alpha value is -1.71. The first-order valence-corrected chi connectivity index (χ1v) is 5.87. The number of hydrogen-bond donors (Lipinski definition) is 2. The van der Waals surface area contributed by atoms with Crippen molar-refractivity contribution in [2.45, 2.75) is 12.6 Å². The quantitative estimate of drug-likeness (QED) is 0.868. The molecule has 18 heavy (non-hydrogen) atoms. The van der Waals surface area contributed by atoms with Gasteiger partial charge in [0.15, 0.2) is 0 Å². The molecule has 2 rings (SSSR count). The molecule has 0 amide bonds. The summed E-state index contributed by atoms with van der Waals surface area (Å²) in [5.74, 6) is -0.335.